The maximum absolute atomic E-state index is 12.3. The molecule has 0 amide bonds. The number of nitrogens with two attached hydrogens (primary N) is 1. The molecule has 2 atom stereocenters. The molecule has 2 nitrogen and oxygen atoms in total. The van der Waals surface area contributed by atoms with Crippen molar-refractivity contribution in [3.8, 4) is 0 Å². The fourth-order valence-corrected chi connectivity index (χ4v) is 3.12. The minimum absolute atomic E-state index is 0.102. The molecule has 0 bridgehead atoms. The molecular weight excluding hydrogens is 269 g/mol. The summed E-state index contributed by atoms with van der Waals surface area (Å²) in [6.45, 7) is 0.597. The number of ketones is 1. The van der Waals surface area contributed by atoms with E-state index < -0.39 is 0 Å². The van der Waals surface area contributed by atoms with Crippen molar-refractivity contribution in [2.75, 3.05) is 6.54 Å². The topological polar surface area (TPSA) is 43.1 Å². The van der Waals surface area contributed by atoms with Crippen LogP contribution in [0.25, 0.3) is 0 Å². The molecule has 1 aromatic rings. The third-order valence-electron chi connectivity index (χ3n) is 3.75. The molecule has 0 spiro atoms. The monoisotopic (exact) mass is 285 g/mol. The number of rotatable bonds is 4. The van der Waals surface area contributed by atoms with Crippen LogP contribution in [0.1, 0.15) is 24.8 Å². The molecule has 0 aliphatic heterocycles. The molecule has 0 radical (unpaired) electrons. The second kappa shape index (κ2) is 6.05. The molecule has 2 N–H and O–H groups in total. The Kier molecular flexibility index (Phi) is 4.66. The molecular formula is C14H17Cl2NO. The summed E-state index contributed by atoms with van der Waals surface area (Å²) in [5.41, 5.74) is 6.53. The Hall–Kier alpha value is -0.570. The Bertz CT molecular complexity index is 447. The summed E-state index contributed by atoms with van der Waals surface area (Å²) >= 11 is 12.0. The van der Waals surface area contributed by atoms with Crippen LogP contribution >= 0.6 is 23.2 Å². The van der Waals surface area contributed by atoms with Crippen LogP contribution in [0.4, 0.5) is 0 Å². The van der Waals surface area contributed by atoms with E-state index in [2.05, 4.69) is 0 Å². The van der Waals surface area contributed by atoms with E-state index in [1.165, 1.54) is 0 Å². The molecule has 2 unspecified atom stereocenters. The lowest BCUT2D eigenvalue weighted by atomic mass is 9.89. The zero-order valence-electron chi connectivity index (χ0n) is 10.2. The van der Waals surface area contributed by atoms with Crippen LogP contribution < -0.4 is 5.73 Å². The first-order valence-corrected chi connectivity index (χ1v) is 7.04. The Morgan fingerprint density at radius 2 is 2.11 bits per heavy atom. The predicted molar refractivity (Wildman–Crippen MR) is 75.1 cm³/mol. The van der Waals surface area contributed by atoms with Crippen molar-refractivity contribution in [2.24, 2.45) is 17.6 Å². The standard InChI is InChI=1S/C14H17Cl2NO/c15-11-4-5-13(16)10(6-11)7-14(18)12-3-1-2-9(12)8-17/h4-6,9,12H,1-3,7-8,17H2. The fraction of sp³-hybridized carbons (Fsp3) is 0.500. The van der Waals surface area contributed by atoms with Gasteiger partial charge < -0.3 is 5.73 Å². The number of halogens is 2. The number of hydrogen-bond donors (Lipinski definition) is 1. The molecule has 1 aliphatic carbocycles. The van der Waals surface area contributed by atoms with Gasteiger partial charge in [-0.2, -0.15) is 0 Å². The quantitative estimate of drug-likeness (QED) is 0.920. The first kappa shape index (κ1) is 13.9. The van der Waals surface area contributed by atoms with Gasteiger partial charge in [0, 0.05) is 22.4 Å². The highest BCUT2D eigenvalue weighted by molar-refractivity contribution is 6.33. The molecule has 2 rings (SSSR count). The largest absolute Gasteiger partial charge is 0.330 e. The zero-order chi connectivity index (χ0) is 13.1. The van der Waals surface area contributed by atoms with Gasteiger partial charge in [-0.05, 0) is 49.1 Å². The lowest BCUT2D eigenvalue weighted by molar-refractivity contribution is -0.123. The minimum Gasteiger partial charge on any atom is -0.330 e. The van der Waals surface area contributed by atoms with Crippen LogP contribution in [0.5, 0.6) is 0 Å². The smallest absolute Gasteiger partial charge is 0.140 e. The van der Waals surface area contributed by atoms with E-state index in [4.69, 9.17) is 28.9 Å². The van der Waals surface area contributed by atoms with Crippen LogP contribution in [0, 0.1) is 11.8 Å². The normalized spacial score (nSPS) is 23.3. The van der Waals surface area contributed by atoms with Gasteiger partial charge >= 0.3 is 0 Å². The maximum Gasteiger partial charge on any atom is 0.140 e. The molecule has 0 saturated heterocycles. The van der Waals surface area contributed by atoms with Gasteiger partial charge in [-0.3, -0.25) is 4.79 Å². The minimum atomic E-state index is 0.102. The zero-order valence-corrected chi connectivity index (χ0v) is 11.7. The van der Waals surface area contributed by atoms with Gasteiger partial charge in [0.25, 0.3) is 0 Å². The summed E-state index contributed by atoms with van der Waals surface area (Å²) in [6.07, 6.45) is 3.48. The van der Waals surface area contributed by atoms with Crippen LogP contribution in [0.3, 0.4) is 0 Å². The second-order valence-electron chi connectivity index (χ2n) is 4.91. The van der Waals surface area contributed by atoms with Gasteiger partial charge in [-0.15, -0.1) is 0 Å². The summed E-state index contributed by atoms with van der Waals surface area (Å²) in [7, 11) is 0. The van der Waals surface area contributed by atoms with Crippen molar-refractivity contribution >= 4 is 29.0 Å². The molecule has 18 heavy (non-hydrogen) atoms. The van der Waals surface area contributed by atoms with Crippen molar-refractivity contribution < 1.29 is 4.79 Å². The summed E-state index contributed by atoms with van der Waals surface area (Å²) in [4.78, 5) is 12.3. The SMILES string of the molecule is NCC1CCCC1C(=O)Cc1cc(Cl)ccc1Cl. The van der Waals surface area contributed by atoms with Crippen molar-refractivity contribution in [3.05, 3.63) is 33.8 Å². The molecule has 4 heteroatoms. The maximum atomic E-state index is 12.3. The van der Waals surface area contributed by atoms with Gasteiger partial charge in [0.05, 0.1) is 0 Å². The first-order chi connectivity index (χ1) is 8.61. The molecule has 98 valence electrons. The van der Waals surface area contributed by atoms with Crippen LogP contribution in [-0.2, 0) is 11.2 Å². The molecule has 1 saturated carbocycles. The van der Waals surface area contributed by atoms with E-state index in [9.17, 15) is 4.79 Å². The van der Waals surface area contributed by atoms with Crippen molar-refractivity contribution in [1.82, 2.24) is 0 Å². The van der Waals surface area contributed by atoms with E-state index in [1.807, 2.05) is 0 Å². The molecule has 0 aromatic heterocycles. The van der Waals surface area contributed by atoms with E-state index in [0.717, 1.165) is 24.8 Å². The summed E-state index contributed by atoms with van der Waals surface area (Å²) in [5, 5.41) is 1.22. The van der Waals surface area contributed by atoms with Gasteiger partial charge in [0.15, 0.2) is 0 Å². The third kappa shape index (κ3) is 3.05. The molecule has 1 fully saturated rings. The van der Waals surface area contributed by atoms with E-state index in [0.29, 0.717) is 28.9 Å². The van der Waals surface area contributed by atoms with Crippen LogP contribution in [0.15, 0.2) is 18.2 Å². The van der Waals surface area contributed by atoms with Crippen molar-refractivity contribution in [1.29, 1.82) is 0 Å². The number of carbonyl (C=O) groups excluding carboxylic acids is 1. The average Bonchev–Trinajstić information content (AvgIpc) is 2.82. The first-order valence-electron chi connectivity index (χ1n) is 6.28. The van der Waals surface area contributed by atoms with E-state index in [1.54, 1.807) is 18.2 Å². The summed E-state index contributed by atoms with van der Waals surface area (Å²) in [6, 6.07) is 5.24. The van der Waals surface area contributed by atoms with E-state index in [-0.39, 0.29) is 11.7 Å². The highest BCUT2D eigenvalue weighted by Gasteiger charge is 2.31. The second-order valence-corrected chi connectivity index (χ2v) is 5.76. The third-order valence-corrected chi connectivity index (χ3v) is 4.35. The predicted octanol–water partition coefficient (Wildman–Crippen LogP) is 3.48. The molecule has 0 heterocycles. The van der Waals surface area contributed by atoms with Crippen molar-refractivity contribution in [3.63, 3.8) is 0 Å². The number of Topliss-reactive ketones (excluding diaryl/α,β-unsaturated/α-hetero) is 1. The fourth-order valence-electron chi connectivity index (χ4n) is 2.74. The lowest BCUT2D eigenvalue weighted by Crippen LogP contribution is -2.26. The average molecular weight is 286 g/mol. The van der Waals surface area contributed by atoms with Crippen molar-refractivity contribution in [2.45, 2.75) is 25.7 Å². The van der Waals surface area contributed by atoms with Crippen LogP contribution in [-0.4, -0.2) is 12.3 Å². The Labute approximate surface area is 117 Å². The molecule has 1 aromatic carbocycles. The lowest BCUT2D eigenvalue weighted by Gasteiger charge is -2.16. The Morgan fingerprint density at radius 1 is 1.33 bits per heavy atom. The number of hydrogen-bond acceptors (Lipinski definition) is 2. The van der Waals surface area contributed by atoms with Gasteiger partial charge in [0.2, 0.25) is 0 Å². The Balaban J connectivity index is 2.09. The van der Waals surface area contributed by atoms with Gasteiger partial charge in [0.1, 0.15) is 5.78 Å². The summed E-state index contributed by atoms with van der Waals surface area (Å²) in [5.74, 6) is 0.688. The number of carbonyl (C=O) groups is 1. The molecule has 1 aliphatic rings. The summed E-state index contributed by atoms with van der Waals surface area (Å²) < 4.78 is 0. The number of benzene rings is 1. The highest BCUT2D eigenvalue weighted by atomic mass is 35.5. The van der Waals surface area contributed by atoms with Gasteiger partial charge in [-0.25, -0.2) is 0 Å². The van der Waals surface area contributed by atoms with Gasteiger partial charge in [-0.1, -0.05) is 29.6 Å². The van der Waals surface area contributed by atoms with Crippen LogP contribution in [0.2, 0.25) is 10.0 Å². The highest BCUT2D eigenvalue weighted by Crippen LogP contribution is 2.33. The Morgan fingerprint density at radius 3 is 2.83 bits per heavy atom. The van der Waals surface area contributed by atoms with E-state index >= 15 is 0 Å².